The Bertz CT molecular complexity index is 496. The average molecular weight is 276 g/mol. The summed E-state index contributed by atoms with van der Waals surface area (Å²) in [5.74, 6) is 0.424. The molecule has 1 saturated heterocycles. The summed E-state index contributed by atoms with van der Waals surface area (Å²) in [7, 11) is 0. The number of carbonyl (C=O) groups is 2. The minimum atomic E-state index is -0.139. The summed E-state index contributed by atoms with van der Waals surface area (Å²) < 4.78 is 5.48. The number of hydrogen-bond donors (Lipinski definition) is 1. The van der Waals surface area contributed by atoms with Crippen LogP contribution in [0.5, 0.6) is 5.75 Å². The molecule has 2 N–H and O–H groups in total. The van der Waals surface area contributed by atoms with Crippen molar-refractivity contribution in [2.75, 3.05) is 11.5 Å². The van der Waals surface area contributed by atoms with E-state index in [1.807, 2.05) is 6.92 Å². The van der Waals surface area contributed by atoms with E-state index >= 15 is 0 Å². The number of carbonyl (C=O) groups excluding carboxylic acids is 2. The zero-order chi connectivity index (χ0) is 14.5. The fraction of sp³-hybridized carbons (Fsp3) is 0.467. The molecule has 1 aliphatic rings. The highest BCUT2D eigenvalue weighted by molar-refractivity contribution is 6.15. The van der Waals surface area contributed by atoms with E-state index in [0.717, 1.165) is 18.4 Å². The molecule has 1 aromatic rings. The van der Waals surface area contributed by atoms with Crippen LogP contribution in [0.2, 0.25) is 0 Å². The second-order valence-corrected chi connectivity index (χ2v) is 4.76. The molecule has 0 atom stereocenters. The lowest BCUT2D eigenvalue weighted by molar-refractivity contribution is -0.125. The zero-order valence-electron chi connectivity index (χ0n) is 11.7. The van der Waals surface area contributed by atoms with Crippen molar-refractivity contribution in [2.24, 2.45) is 5.73 Å². The predicted octanol–water partition coefficient (Wildman–Crippen LogP) is 1.98. The van der Waals surface area contributed by atoms with Crippen LogP contribution in [-0.2, 0) is 16.1 Å². The van der Waals surface area contributed by atoms with E-state index < -0.39 is 0 Å². The van der Waals surface area contributed by atoms with Crippen LogP contribution in [0.15, 0.2) is 18.2 Å². The first-order valence-electron chi connectivity index (χ1n) is 6.99. The fourth-order valence-corrected chi connectivity index (χ4v) is 2.36. The summed E-state index contributed by atoms with van der Waals surface area (Å²) in [4.78, 5) is 25.4. The molecule has 0 bridgehead atoms. The van der Waals surface area contributed by atoms with Gasteiger partial charge in [-0.3, -0.25) is 14.5 Å². The van der Waals surface area contributed by atoms with Gasteiger partial charge in [-0.2, -0.15) is 0 Å². The molecule has 1 aliphatic heterocycles. The maximum atomic E-state index is 12.1. The minimum Gasteiger partial charge on any atom is -0.494 e. The summed E-state index contributed by atoms with van der Waals surface area (Å²) in [5.41, 5.74) is 7.10. The van der Waals surface area contributed by atoms with Gasteiger partial charge in [-0.1, -0.05) is 0 Å². The summed E-state index contributed by atoms with van der Waals surface area (Å²) in [6.45, 7) is 2.75. The molecule has 0 spiro atoms. The molecule has 1 heterocycles. The standard InChI is InChI=1S/C15H20N2O3/c1-2-20-13-8-7-12(9-11(13)10-16)17-14(18)5-3-4-6-15(17)19/h7-9H,2-6,10,16H2,1H3. The highest BCUT2D eigenvalue weighted by Gasteiger charge is 2.26. The summed E-state index contributed by atoms with van der Waals surface area (Å²) in [6, 6.07) is 5.28. The number of nitrogens with two attached hydrogens (primary N) is 1. The highest BCUT2D eigenvalue weighted by Crippen LogP contribution is 2.27. The van der Waals surface area contributed by atoms with Crippen LogP contribution in [0.3, 0.4) is 0 Å². The predicted molar refractivity (Wildman–Crippen MR) is 76.5 cm³/mol. The van der Waals surface area contributed by atoms with Crippen LogP contribution < -0.4 is 15.4 Å². The van der Waals surface area contributed by atoms with Crippen LogP contribution >= 0.6 is 0 Å². The van der Waals surface area contributed by atoms with Crippen LogP contribution in [0.1, 0.15) is 38.2 Å². The van der Waals surface area contributed by atoms with E-state index in [1.165, 1.54) is 4.90 Å². The maximum Gasteiger partial charge on any atom is 0.233 e. The van der Waals surface area contributed by atoms with Gasteiger partial charge in [0.15, 0.2) is 0 Å². The number of hydrogen-bond acceptors (Lipinski definition) is 4. The number of ether oxygens (including phenoxy) is 1. The Hall–Kier alpha value is -1.88. The van der Waals surface area contributed by atoms with E-state index in [2.05, 4.69) is 0 Å². The molecular formula is C15H20N2O3. The van der Waals surface area contributed by atoms with Crippen molar-refractivity contribution in [3.8, 4) is 5.75 Å². The maximum absolute atomic E-state index is 12.1. The summed E-state index contributed by atoms with van der Waals surface area (Å²) in [6.07, 6.45) is 2.36. The largest absolute Gasteiger partial charge is 0.494 e. The second kappa shape index (κ2) is 6.52. The van der Waals surface area contributed by atoms with Crippen LogP contribution in [0.4, 0.5) is 5.69 Å². The molecule has 0 saturated carbocycles. The van der Waals surface area contributed by atoms with Gasteiger partial charge < -0.3 is 10.5 Å². The van der Waals surface area contributed by atoms with E-state index in [9.17, 15) is 9.59 Å². The molecule has 2 amide bonds. The van der Waals surface area contributed by atoms with Gasteiger partial charge >= 0.3 is 0 Å². The number of anilines is 1. The Morgan fingerprint density at radius 2 is 1.85 bits per heavy atom. The number of imide groups is 1. The zero-order valence-corrected chi connectivity index (χ0v) is 11.7. The van der Waals surface area contributed by atoms with Crippen LogP contribution in [0.25, 0.3) is 0 Å². The molecule has 5 nitrogen and oxygen atoms in total. The Kier molecular flexibility index (Phi) is 4.74. The molecule has 5 heteroatoms. The normalized spacial score (nSPS) is 16.2. The Labute approximate surface area is 118 Å². The van der Waals surface area contributed by atoms with Gasteiger partial charge in [0, 0.05) is 24.9 Å². The Morgan fingerprint density at radius 3 is 2.40 bits per heavy atom. The number of nitrogens with zero attached hydrogens (tertiary/aromatic N) is 1. The lowest BCUT2D eigenvalue weighted by atomic mass is 10.1. The average Bonchev–Trinajstić information content (AvgIpc) is 2.61. The van der Waals surface area contributed by atoms with E-state index in [1.54, 1.807) is 18.2 Å². The van der Waals surface area contributed by atoms with E-state index in [4.69, 9.17) is 10.5 Å². The lowest BCUT2D eigenvalue weighted by Crippen LogP contribution is -2.35. The molecule has 0 radical (unpaired) electrons. The molecule has 1 aromatic carbocycles. The fourth-order valence-electron chi connectivity index (χ4n) is 2.36. The first-order valence-corrected chi connectivity index (χ1v) is 6.99. The second-order valence-electron chi connectivity index (χ2n) is 4.76. The van der Waals surface area contributed by atoms with E-state index in [0.29, 0.717) is 37.4 Å². The lowest BCUT2D eigenvalue weighted by Gasteiger charge is -2.20. The topological polar surface area (TPSA) is 72.6 Å². The van der Waals surface area contributed by atoms with Gasteiger partial charge in [0.05, 0.1) is 12.3 Å². The molecule has 0 unspecified atom stereocenters. The van der Waals surface area contributed by atoms with Crippen molar-refractivity contribution in [3.05, 3.63) is 23.8 Å². The van der Waals surface area contributed by atoms with Crippen LogP contribution in [0, 0.1) is 0 Å². The SMILES string of the molecule is CCOc1ccc(N2C(=O)CCCCC2=O)cc1CN. The Morgan fingerprint density at radius 1 is 1.20 bits per heavy atom. The molecule has 1 fully saturated rings. The number of benzene rings is 1. The van der Waals surface area contributed by atoms with Gasteiger partial charge in [0.1, 0.15) is 5.75 Å². The first-order chi connectivity index (χ1) is 9.67. The van der Waals surface area contributed by atoms with E-state index in [-0.39, 0.29) is 11.8 Å². The Balaban J connectivity index is 2.35. The highest BCUT2D eigenvalue weighted by atomic mass is 16.5. The molecule has 2 rings (SSSR count). The van der Waals surface area contributed by atoms with Gasteiger partial charge in [-0.25, -0.2) is 0 Å². The van der Waals surface area contributed by atoms with Crippen molar-refractivity contribution < 1.29 is 14.3 Å². The molecule has 108 valence electrons. The summed E-state index contributed by atoms with van der Waals surface area (Å²) in [5, 5.41) is 0. The minimum absolute atomic E-state index is 0.139. The van der Waals surface area contributed by atoms with Gasteiger partial charge in [-0.05, 0) is 38.0 Å². The van der Waals surface area contributed by atoms with Crippen molar-refractivity contribution >= 4 is 17.5 Å². The van der Waals surface area contributed by atoms with Gasteiger partial charge in [0.2, 0.25) is 11.8 Å². The quantitative estimate of drug-likeness (QED) is 0.853. The molecule has 20 heavy (non-hydrogen) atoms. The van der Waals surface area contributed by atoms with Gasteiger partial charge in [-0.15, -0.1) is 0 Å². The van der Waals surface area contributed by atoms with Crippen LogP contribution in [-0.4, -0.2) is 18.4 Å². The monoisotopic (exact) mass is 276 g/mol. The molecule has 0 aromatic heterocycles. The first kappa shape index (κ1) is 14.5. The molecular weight excluding hydrogens is 256 g/mol. The number of rotatable bonds is 4. The third-order valence-corrected chi connectivity index (χ3v) is 3.35. The number of amides is 2. The smallest absolute Gasteiger partial charge is 0.233 e. The van der Waals surface area contributed by atoms with Crippen molar-refractivity contribution in [1.82, 2.24) is 0 Å². The molecule has 0 aliphatic carbocycles. The van der Waals surface area contributed by atoms with Gasteiger partial charge in [0.25, 0.3) is 0 Å². The third kappa shape index (κ3) is 2.99. The summed E-state index contributed by atoms with van der Waals surface area (Å²) >= 11 is 0. The van der Waals surface area contributed by atoms with Crippen molar-refractivity contribution in [3.63, 3.8) is 0 Å². The van der Waals surface area contributed by atoms with Crippen molar-refractivity contribution in [1.29, 1.82) is 0 Å². The third-order valence-electron chi connectivity index (χ3n) is 3.35. The van der Waals surface area contributed by atoms with Crippen molar-refractivity contribution in [2.45, 2.75) is 39.2 Å².